The molecule has 1 fully saturated rings. The number of hydrogen-bond donors (Lipinski definition) is 1. The number of aromatic nitrogens is 1. The Bertz CT molecular complexity index is 441. The van der Waals surface area contributed by atoms with Crippen molar-refractivity contribution in [1.82, 2.24) is 4.98 Å². The third kappa shape index (κ3) is 3.78. The number of rotatable bonds is 7. The minimum atomic E-state index is -0.358. The van der Waals surface area contributed by atoms with Crippen LogP contribution in [0.4, 0.5) is 5.13 Å². The fraction of sp³-hybridized carbons (Fsp3) is 0.538. The second-order valence-electron chi connectivity index (χ2n) is 4.28. The van der Waals surface area contributed by atoms with Gasteiger partial charge in [-0.25, -0.2) is 9.78 Å². The number of nitrogens with one attached hydrogen (secondary N) is 1. The molecule has 0 spiro atoms. The highest BCUT2D eigenvalue weighted by molar-refractivity contribution is 7.13. The SMILES string of the molecule is C=CCNc1nc(C(=O)OC2CC(OCC)C2)cs1. The number of anilines is 1. The maximum absolute atomic E-state index is 11.8. The number of thiazole rings is 1. The minimum absolute atomic E-state index is 0.0321. The van der Waals surface area contributed by atoms with Crippen LogP contribution < -0.4 is 5.32 Å². The molecule has 6 heteroatoms. The van der Waals surface area contributed by atoms with Gasteiger partial charge in [-0.05, 0) is 6.92 Å². The summed E-state index contributed by atoms with van der Waals surface area (Å²) >= 11 is 1.38. The van der Waals surface area contributed by atoms with Crippen LogP contribution in [0.1, 0.15) is 30.3 Å². The van der Waals surface area contributed by atoms with Crippen molar-refractivity contribution < 1.29 is 14.3 Å². The highest BCUT2D eigenvalue weighted by Gasteiger charge is 2.33. The zero-order valence-electron chi connectivity index (χ0n) is 10.9. The number of esters is 1. The van der Waals surface area contributed by atoms with Crippen LogP contribution in [0.2, 0.25) is 0 Å². The molecule has 104 valence electrons. The van der Waals surface area contributed by atoms with Crippen LogP contribution in [0.3, 0.4) is 0 Å². The van der Waals surface area contributed by atoms with Gasteiger partial charge in [-0.15, -0.1) is 17.9 Å². The number of nitrogens with zero attached hydrogens (tertiary/aromatic N) is 1. The summed E-state index contributed by atoms with van der Waals surface area (Å²) < 4.78 is 10.8. The first-order valence-corrected chi connectivity index (χ1v) is 7.23. The number of carbonyl (C=O) groups excluding carboxylic acids is 1. The van der Waals surface area contributed by atoms with Crippen LogP contribution >= 0.6 is 11.3 Å². The van der Waals surface area contributed by atoms with Gasteiger partial charge in [-0.3, -0.25) is 0 Å². The predicted octanol–water partition coefficient (Wildman–Crippen LogP) is 2.47. The summed E-state index contributed by atoms with van der Waals surface area (Å²) in [6.07, 6.45) is 3.51. The molecule has 1 heterocycles. The van der Waals surface area contributed by atoms with Crippen LogP contribution in [0.25, 0.3) is 0 Å². The minimum Gasteiger partial charge on any atom is -0.457 e. The van der Waals surface area contributed by atoms with Crippen molar-refractivity contribution in [2.45, 2.75) is 32.0 Å². The van der Waals surface area contributed by atoms with E-state index >= 15 is 0 Å². The van der Waals surface area contributed by atoms with Crippen molar-refractivity contribution in [3.8, 4) is 0 Å². The van der Waals surface area contributed by atoms with Gasteiger partial charge < -0.3 is 14.8 Å². The van der Waals surface area contributed by atoms with E-state index in [1.54, 1.807) is 11.5 Å². The first-order valence-electron chi connectivity index (χ1n) is 6.35. The van der Waals surface area contributed by atoms with Gasteiger partial charge in [0, 0.05) is 31.4 Å². The van der Waals surface area contributed by atoms with Gasteiger partial charge >= 0.3 is 5.97 Å². The second-order valence-corrected chi connectivity index (χ2v) is 5.14. The molecule has 0 unspecified atom stereocenters. The molecule has 0 aromatic carbocycles. The average molecular weight is 282 g/mol. The Morgan fingerprint density at radius 1 is 1.63 bits per heavy atom. The second kappa shape index (κ2) is 6.68. The topological polar surface area (TPSA) is 60.5 Å². The molecule has 1 saturated carbocycles. The third-order valence-electron chi connectivity index (χ3n) is 2.84. The van der Waals surface area contributed by atoms with Crippen LogP contribution in [0.5, 0.6) is 0 Å². The van der Waals surface area contributed by atoms with Gasteiger partial charge in [0.1, 0.15) is 6.10 Å². The first kappa shape index (κ1) is 14.0. The summed E-state index contributed by atoms with van der Waals surface area (Å²) in [5, 5.41) is 5.44. The van der Waals surface area contributed by atoms with Gasteiger partial charge in [-0.1, -0.05) is 6.08 Å². The molecule has 1 N–H and O–H groups in total. The molecule has 1 aromatic heterocycles. The van der Waals surface area contributed by atoms with E-state index in [4.69, 9.17) is 9.47 Å². The molecular weight excluding hydrogens is 264 g/mol. The third-order valence-corrected chi connectivity index (χ3v) is 3.64. The van der Waals surface area contributed by atoms with Crippen LogP contribution in [0.15, 0.2) is 18.0 Å². The zero-order valence-corrected chi connectivity index (χ0v) is 11.7. The van der Waals surface area contributed by atoms with Gasteiger partial charge in [-0.2, -0.15) is 0 Å². The lowest BCUT2D eigenvalue weighted by atomic mass is 9.92. The fourth-order valence-electron chi connectivity index (χ4n) is 1.81. The molecule has 0 saturated heterocycles. The summed E-state index contributed by atoms with van der Waals surface area (Å²) in [6, 6.07) is 0. The van der Waals surface area contributed by atoms with Crippen LogP contribution in [0, 0.1) is 0 Å². The Morgan fingerprint density at radius 2 is 2.42 bits per heavy atom. The molecule has 0 aliphatic heterocycles. The number of ether oxygens (including phenoxy) is 2. The van der Waals surface area contributed by atoms with E-state index in [1.807, 2.05) is 6.92 Å². The predicted molar refractivity (Wildman–Crippen MR) is 74.7 cm³/mol. The van der Waals surface area contributed by atoms with E-state index in [0.29, 0.717) is 24.0 Å². The van der Waals surface area contributed by atoms with Gasteiger partial charge in [0.2, 0.25) is 0 Å². The molecule has 0 amide bonds. The van der Waals surface area contributed by atoms with Crippen molar-refractivity contribution in [3.63, 3.8) is 0 Å². The lowest BCUT2D eigenvalue weighted by Crippen LogP contribution is -2.38. The molecule has 1 aliphatic rings. The Labute approximate surface area is 116 Å². The van der Waals surface area contributed by atoms with Crippen molar-refractivity contribution in [3.05, 3.63) is 23.7 Å². The molecule has 1 aliphatic carbocycles. The van der Waals surface area contributed by atoms with Crippen LogP contribution in [-0.2, 0) is 9.47 Å². The Morgan fingerprint density at radius 3 is 3.11 bits per heavy atom. The van der Waals surface area contributed by atoms with Crippen molar-refractivity contribution in [1.29, 1.82) is 0 Å². The monoisotopic (exact) mass is 282 g/mol. The maximum atomic E-state index is 11.8. The Balaban J connectivity index is 1.77. The quantitative estimate of drug-likeness (QED) is 0.615. The normalized spacial score (nSPS) is 21.5. The molecule has 0 radical (unpaired) electrons. The van der Waals surface area contributed by atoms with Gasteiger partial charge in [0.25, 0.3) is 0 Å². The van der Waals surface area contributed by atoms with E-state index in [-0.39, 0.29) is 18.2 Å². The summed E-state index contributed by atoms with van der Waals surface area (Å²) in [6.45, 7) is 6.90. The van der Waals surface area contributed by atoms with Gasteiger partial charge in [0.15, 0.2) is 10.8 Å². The van der Waals surface area contributed by atoms with E-state index in [2.05, 4.69) is 16.9 Å². The summed E-state index contributed by atoms with van der Waals surface area (Å²) in [7, 11) is 0. The summed E-state index contributed by atoms with van der Waals surface area (Å²) in [5.41, 5.74) is 0.358. The van der Waals surface area contributed by atoms with Crippen molar-refractivity contribution in [2.24, 2.45) is 0 Å². The van der Waals surface area contributed by atoms with E-state index in [0.717, 1.165) is 12.8 Å². The largest absolute Gasteiger partial charge is 0.457 e. The highest BCUT2D eigenvalue weighted by Crippen LogP contribution is 2.27. The number of hydrogen-bond acceptors (Lipinski definition) is 6. The molecule has 1 aromatic rings. The van der Waals surface area contributed by atoms with Crippen LogP contribution in [-0.4, -0.2) is 36.3 Å². The van der Waals surface area contributed by atoms with E-state index < -0.39 is 0 Å². The van der Waals surface area contributed by atoms with E-state index in [9.17, 15) is 4.79 Å². The number of carbonyl (C=O) groups is 1. The molecule has 19 heavy (non-hydrogen) atoms. The smallest absolute Gasteiger partial charge is 0.358 e. The van der Waals surface area contributed by atoms with Crippen molar-refractivity contribution >= 4 is 22.4 Å². The summed E-state index contributed by atoms with van der Waals surface area (Å²) in [5.74, 6) is -0.358. The van der Waals surface area contributed by atoms with Gasteiger partial charge in [0.05, 0.1) is 6.10 Å². The molecule has 5 nitrogen and oxygen atoms in total. The molecule has 0 atom stereocenters. The molecular formula is C13H18N2O3S. The first-order chi connectivity index (χ1) is 9.22. The summed E-state index contributed by atoms with van der Waals surface area (Å²) in [4.78, 5) is 16.0. The zero-order chi connectivity index (χ0) is 13.7. The Hall–Kier alpha value is -1.40. The molecule has 2 rings (SSSR count). The standard InChI is InChI=1S/C13H18N2O3S/c1-3-5-14-13-15-11(8-19-13)12(16)18-10-6-9(7-10)17-4-2/h3,8-10H,1,4-7H2,2H3,(H,14,15). The average Bonchev–Trinajstić information content (AvgIpc) is 2.82. The fourth-order valence-corrected chi connectivity index (χ4v) is 2.50. The lowest BCUT2D eigenvalue weighted by Gasteiger charge is -2.33. The maximum Gasteiger partial charge on any atom is 0.358 e. The lowest BCUT2D eigenvalue weighted by molar-refractivity contribution is -0.0771. The molecule has 0 bridgehead atoms. The Kier molecular flexibility index (Phi) is 4.93. The van der Waals surface area contributed by atoms with Crippen molar-refractivity contribution in [2.75, 3.05) is 18.5 Å². The highest BCUT2D eigenvalue weighted by atomic mass is 32.1. The van der Waals surface area contributed by atoms with E-state index in [1.165, 1.54) is 11.3 Å².